The van der Waals surface area contributed by atoms with E-state index in [-0.39, 0.29) is 24.0 Å². The molecule has 7 heteroatoms. The van der Waals surface area contributed by atoms with Crippen molar-refractivity contribution in [3.05, 3.63) is 54.6 Å². The molecule has 2 aromatic carbocycles. The van der Waals surface area contributed by atoms with E-state index in [1.807, 2.05) is 54.6 Å². The van der Waals surface area contributed by atoms with Gasteiger partial charge in [-0.2, -0.15) is 0 Å². The standard InChI is InChI=1S/C17H19N3O3S/c18-24(22,23)12-13-10-17(21)20(11-13)16-8-6-15(7-9-16)19-14-4-2-1-3-5-14/h1-9,13,19H,10-12H2,(H2,18,22,23). The minimum Gasteiger partial charge on any atom is -0.356 e. The number of nitrogens with one attached hydrogen (secondary N) is 1. The number of primary sulfonamides is 1. The normalized spacial score (nSPS) is 18.0. The molecule has 1 heterocycles. The van der Waals surface area contributed by atoms with Gasteiger partial charge in [-0.05, 0) is 36.4 Å². The smallest absolute Gasteiger partial charge is 0.227 e. The maximum absolute atomic E-state index is 12.1. The molecule has 0 bridgehead atoms. The Labute approximate surface area is 141 Å². The lowest BCUT2D eigenvalue weighted by Crippen LogP contribution is -2.27. The van der Waals surface area contributed by atoms with E-state index in [1.54, 1.807) is 4.90 Å². The van der Waals surface area contributed by atoms with Crippen LogP contribution < -0.4 is 15.4 Å². The van der Waals surface area contributed by atoms with Gasteiger partial charge < -0.3 is 10.2 Å². The van der Waals surface area contributed by atoms with E-state index in [0.29, 0.717) is 6.54 Å². The molecule has 6 nitrogen and oxygen atoms in total. The van der Waals surface area contributed by atoms with Crippen LogP contribution in [0.1, 0.15) is 6.42 Å². The Balaban J connectivity index is 1.68. The summed E-state index contributed by atoms with van der Waals surface area (Å²) in [5.41, 5.74) is 2.66. The van der Waals surface area contributed by atoms with E-state index >= 15 is 0 Å². The molecule has 24 heavy (non-hydrogen) atoms. The van der Waals surface area contributed by atoms with Gasteiger partial charge in [-0.1, -0.05) is 18.2 Å². The summed E-state index contributed by atoms with van der Waals surface area (Å²) < 4.78 is 22.4. The number of nitrogens with zero attached hydrogens (tertiary/aromatic N) is 1. The molecule has 1 aliphatic heterocycles. The predicted octanol–water partition coefficient (Wildman–Crippen LogP) is 2.07. The second kappa shape index (κ2) is 6.62. The van der Waals surface area contributed by atoms with Crippen molar-refractivity contribution in [1.82, 2.24) is 0 Å². The summed E-state index contributed by atoms with van der Waals surface area (Å²) in [6.07, 6.45) is 0.209. The quantitative estimate of drug-likeness (QED) is 0.868. The summed E-state index contributed by atoms with van der Waals surface area (Å²) in [5, 5.41) is 8.35. The zero-order valence-corrected chi connectivity index (χ0v) is 13.9. The molecule has 0 saturated carbocycles. The summed E-state index contributed by atoms with van der Waals surface area (Å²) >= 11 is 0. The first-order valence-electron chi connectivity index (χ1n) is 7.64. The zero-order chi connectivity index (χ0) is 17.2. The second-order valence-corrected chi connectivity index (χ2v) is 7.60. The lowest BCUT2D eigenvalue weighted by molar-refractivity contribution is -0.117. The van der Waals surface area contributed by atoms with E-state index in [2.05, 4.69) is 5.32 Å². The maximum atomic E-state index is 12.1. The highest BCUT2D eigenvalue weighted by molar-refractivity contribution is 7.89. The average Bonchev–Trinajstić information content (AvgIpc) is 2.87. The predicted molar refractivity (Wildman–Crippen MR) is 94.6 cm³/mol. The van der Waals surface area contributed by atoms with Gasteiger partial charge in [0.1, 0.15) is 0 Å². The minimum absolute atomic E-state index is 0.0765. The highest BCUT2D eigenvalue weighted by atomic mass is 32.2. The number of carbonyl (C=O) groups excluding carboxylic acids is 1. The van der Waals surface area contributed by atoms with E-state index in [4.69, 9.17) is 5.14 Å². The van der Waals surface area contributed by atoms with Crippen LogP contribution in [0.3, 0.4) is 0 Å². The Hall–Kier alpha value is -2.38. The van der Waals surface area contributed by atoms with Crippen LogP contribution in [0, 0.1) is 5.92 Å². The highest BCUT2D eigenvalue weighted by Gasteiger charge is 2.32. The van der Waals surface area contributed by atoms with Gasteiger partial charge in [-0.15, -0.1) is 0 Å². The van der Waals surface area contributed by atoms with E-state index in [0.717, 1.165) is 17.1 Å². The van der Waals surface area contributed by atoms with E-state index in [9.17, 15) is 13.2 Å². The second-order valence-electron chi connectivity index (χ2n) is 5.94. The Morgan fingerprint density at radius 3 is 2.29 bits per heavy atom. The van der Waals surface area contributed by atoms with Gasteiger partial charge in [-0.25, -0.2) is 13.6 Å². The SMILES string of the molecule is NS(=O)(=O)CC1CC(=O)N(c2ccc(Nc3ccccc3)cc2)C1. The Morgan fingerprint density at radius 1 is 1.04 bits per heavy atom. The number of nitrogens with two attached hydrogens (primary N) is 1. The lowest BCUT2D eigenvalue weighted by atomic mass is 10.1. The van der Waals surface area contributed by atoms with Crippen LogP contribution in [-0.2, 0) is 14.8 Å². The third-order valence-corrected chi connectivity index (χ3v) is 4.85. The van der Waals surface area contributed by atoms with Crippen molar-refractivity contribution in [1.29, 1.82) is 0 Å². The topological polar surface area (TPSA) is 92.5 Å². The Kier molecular flexibility index (Phi) is 4.55. The number of carbonyl (C=O) groups is 1. The molecule has 1 unspecified atom stereocenters. The fourth-order valence-electron chi connectivity index (χ4n) is 2.88. The summed E-state index contributed by atoms with van der Waals surface area (Å²) in [6.45, 7) is 0.376. The molecule has 3 N–H and O–H groups in total. The Morgan fingerprint density at radius 2 is 1.67 bits per heavy atom. The molecular formula is C17H19N3O3S. The molecule has 0 aliphatic carbocycles. The molecular weight excluding hydrogens is 326 g/mol. The fourth-order valence-corrected chi connectivity index (χ4v) is 3.76. The molecule has 126 valence electrons. The van der Waals surface area contributed by atoms with Gasteiger partial charge in [0.25, 0.3) is 0 Å². The number of hydrogen-bond acceptors (Lipinski definition) is 4. The van der Waals surface area contributed by atoms with Crippen LogP contribution in [0.25, 0.3) is 0 Å². The number of sulfonamides is 1. The van der Waals surface area contributed by atoms with Gasteiger partial charge in [0, 0.05) is 35.9 Å². The van der Waals surface area contributed by atoms with Crippen molar-refractivity contribution in [2.24, 2.45) is 11.1 Å². The van der Waals surface area contributed by atoms with Gasteiger partial charge >= 0.3 is 0 Å². The van der Waals surface area contributed by atoms with Crippen LogP contribution in [0.5, 0.6) is 0 Å². The first-order valence-corrected chi connectivity index (χ1v) is 9.35. The molecule has 1 amide bonds. The van der Waals surface area contributed by atoms with Gasteiger partial charge in [0.05, 0.1) is 5.75 Å². The summed E-state index contributed by atoms with van der Waals surface area (Å²) in [5.74, 6) is -0.495. The lowest BCUT2D eigenvalue weighted by Gasteiger charge is -2.17. The maximum Gasteiger partial charge on any atom is 0.227 e. The third-order valence-electron chi connectivity index (χ3n) is 3.91. The average molecular weight is 345 g/mol. The van der Waals surface area contributed by atoms with Crippen LogP contribution in [0.15, 0.2) is 54.6 Å². The summed E-state index contributed by atoms with van der Waals surface area (Å²) in [6, 6.07) is 17.3. The van der Waals surface area contributed by atoms with Crippen molar-refractivity contribution >= 4 is 33.0 Å². The molecule has 1 atom stereocenters. The van der Waals surface area contributed by atoms with Gasteiger partial charge in [0.2, 0.25) is 15.9 Å². The number of rotatable bonds is 5. The van der Waals surface area contributed by atoms with E-state index < -0.39 is 10.0 Å². The first-order chi connectivity index (χ1) is 11.4. The molecule has 0 aromatic heterocycles. The summed E-state index contributed by atoms with van der Waals surface area (Å²) in [4.78, 5) is 13.7. The van der Waals surface area contributed by atoms with Crippen LogP contribution in [-0.4, -0.2) is 26.6 Å². The molecule has 0 radical (unpaired) electrons. The van der Waals surface area contributed by atoms with Gasteiger partial charge in [-0.3, -0.25) is 4.79 Å². The molecule has 1 fully saturated rings. The van der Waals surface area contributed by atoms with Crippen LogP contribution in [0.4, 0.5) is 17.1 Å². The van der Waals surface area contributed by atoms with Gasteiger partial charge in [0.15, 0.2) is 0 Å². The van der Waals surface area contributed by atoms with E-state index in [1.165, 1.54) is 0 Å². The molecule has 1 aliphatic rings. The Bertz CT molecular complexity index is 820. The molecule has 1 saturated heterocycles. The molecule has 3 rings (SSSR count). The zero-order valence-electron chi connectivity index (χ0n) is 13.1. The van der Waals surface area contributed by atoms with Crippen molar-refractivity contribution in [3.63, 3.8) is 0 Å². The number of benzene rings is 2. The van der Waals surface area contributed by atoms with Crippen molar-refractivity contribution in [3.8, 4) is 0 Å². The summed E-state index contributed by atoms with van der Waals surface area (Å²) in [7, 11) is -3.57. The number of hydrogen-bond donors (Lipinski definition) is 2. The minimum atomic E-state index is -3.57. The van der Waals surface area contributed by atoms with Crippen LogP contribution in [0.2, 0.25) is 0 Å². The van der Waals surface area contributed by atoms with Crippen molar-refractivity contribution in [2.45, 2.75) is 6.42 Å². The largest absolute Gasteiger partial charge is 0.356 e. The molecule has 0 spiro atoms. The number of para-hydroxylation sites is 1. The number of amides is 1. The van der Waals surface area contributed by atoms with Crippen LogP contribution >= 0.6 is 0 Å². The number of anilines is 3. The first kappa shape index (κ1) is 16.5. The third kappa shape index (κ3) is 4.12. The monoisotopic (exact) mass is 345 g/mol. The van der Waals surface area contributed by atoms with Crippen molar-refractivity contribution in [2.75, 3.05) is 22.5 Å². The highest BCUT2D eigenvalue weighted by Crippen LogP contribution is 2.27. The molecule has 2 aromatic rings. The fraction of sp³-hybridized carbons (Fsp3) is 0.235. The van der Waals surface area contributed by atoms with Crippen molar-refractivity contribution < 1.29 is 13.2 Å².